The van der Waals surface area contributed by atoms with Gasteiger partial charge in [-0.15, -0.1) is 23.7 Å². The molecule has 1 fully saturated rings. The van der Waals surface area contributed by atoms with E-state index in [0.29, 0.717) is 11.6 Å². The lowest BCUT2D eigenvalue weighted by atomic mass is 9.91. The van der Waals surface area contributed by atoms with E-state index in [1.54, 1.807) is 0 Å². The number of nitrogens with two attached hydrogens (primary N) is 1. The molecule has 0 bridgehead atoms. The minimum atomic E-state index is 0. The largest absolute Gasteiger partial charge is 0.459 e. The molecule has 1 saturated heterocycles. The molecule has 1 amide bonds. The molecular formula is C16H22ClN3O2S. The second-order valence-electron chi connectivity index (χ2n) is 5.94. The Labute approximate surface area is 146 Å². The Morgan fingerprint density at radius 1 is 1.43 bits per heavy atom. The van der Waals surface area contributed by atoms with Crippen molar-refractivity contribution in [2.45, 2.75) is 32.7 Å². The number of hydrogen-bond donors (Lipinski definition) is 1. The molecule has 126 valence electrons. The topological polar surface area (TPSA) is 72.4 Å². The summed E-state index contributed by atoms with van der Waals surface area (Å²) < 4.78 is 5.56. The molecular weight excluding hydrogens is 334 g/mol. The molecule has 1 atom stereocenters. The van der Waals surface area contributed by atoms with Gasteiger partial charge >= 0.3 is 0 Å². The summed E-state index contributed by atoms with van der Waals surface area (Å²) in [7, 11) is 0. The lowest BCUT2D eigenvalue weighted by molar-refractivity contribution is 0.0676. The highest BCUT2D eigenvalue weighted by atomic mass is 35.5. The van der Waals surface area contributed by atoms with Gasteiger partial charge in [0.1, 0.15) is 11.5 Å². The Kier molecular flexibility index (Phi) is 5.84. The molecule has 2 aromatic rings. The van der Waals surface area contributed by atoms with Crippen LogP contribution in [0.3, 0.4) is 0 Å². The van der Waals surface area contributed by atoms with E-state index >= 15 is 0 Å². The number of rotatable bonds is 3. The normalized spacial score (nSPS) is 16.9. The molecule has 1 aliphatic heterocycles. The van der Waals surface area contributed by atoms with Crippen LogP contribution in [0.15, 0.2) is 21.9 Å². The number of carbonyl (C=O) groups excluding carboxylic acids is 1. The summed E-state index contributed by atoms with van der Waals surface area (Å²) in [6.07, 6.45) is 1.94. The zero-order valence-corrected chi connectivity index (χ0v) is 15.0. The summed E-state index contributed by atoms with van der Waals surface area (Å²) in [6, 6.07) is 3.98. The van der Waals surface area contributed by atoms with Gasteiger partial charge in [-0.05, 0) is 44.7 Å². The summed E-state index contributed by atoms with van der Waals surface area (Å²) in [4.78, 5) is 18.8. The number of aromatic nitrogens is 1. The van der Waals surface area contributed by atoms with Crippen molar-refractivity contribution in [3.63, 3.8) is 0 Å². The van der Waals surface area contributed by atoms with Crippen molar-refractivity contribution >= 4 is 29.7 Å². The van der Waals surface area contributed by atoms with Crippen LogP contribution in [0.4, 0.5) is 0 Å². The summed E-state index contributed by atoms with van der Waals surface area (Å²) in [5, 5.41) is 2.56. The van der Waals surface area contributed by atoms with Crippen molar-refractivity contribution in [3.8, 4) is 10.8 Å². The predicted octanol–water partition coefficient (Wildman–Crippen LogP) is 3.33. The molecule has 0 radical (unpaired) electrons. The van der Waals surface area contributed by atoms with Crippen molar-refractivity contribution in [3.05, 3.63) is 29.0 Å². The van der Waals surface area contributed by atoms with Gasteiger partial charge in [-0.3, -0.25) is 4.79 Å². The average molecular weight is 356 g/mol. The minimum Gasteiger partial charge on any atom is -0.459 e. The van der Waals surface area contributed by atoms with E-state index in [2.05, 4.69) is 4.98 Å². The SMILES string of the molecule is Cc1ccc(-c2nc(C(=O)N3CCC(C(C)N)CC3)cs2)o1.Cl. The van der Waals surface area contributed by atoms with Gasteiger partial charge in [0.25, 0.3) is 5.91 Å². The van der Waals surface area contributed by atoms with Crippen LogP contribution in [0.1, 0.15) is 36.0 Å². The highest BCUT2D eigenvalue weighted by molar-refractivity contribution is 7.13. The Morgan fingerprint density at radius 2 is 2.13 bits per heavy atom. The molecule has 1 aliphatic rings. The van der Waals surface area contributed by atoms with Gasteiger partial charge in [0.2, 0.25) is 0 Å². The Hall–Kier alpha value is -1.37. The van der Waals surface area contributed by atoms with Crippen LogP contribution in [0.2, 0.25) is 0 Å². The van der Waals surface area contributed by atoms with Crippen molar-refractivity contribution in [2.24, 2.45) is 11.7 Å². The lowest BCUT2D eigenvalue weighted by Crippen LogP contribution is -2.42. The number of thiazole rings is 1. The quantitative estimate of drug-likeness (QED) is 0.916. The third-order valence-electron chi connectivity index (χ3n) is 4.24. The number of nitrogens with zero attached hydrogens (tertiary/aromatic N) is 2. The minimum absolute atomic E-state index is 0. The number of carbonyl (C=O) groups is 1. The molecule has 2 aromatic heterocycles. The lowest BCUT2D eigenvalue weighted by Gasteiger charge is -2.33. The van der Waals surface area contributed by atoms with Crippen LogP contribution in [0.5, 0.6) is 0 Å². The van der Waals surface area contributed by atoms with E-state index in [0.717, 1.165) is 42.5 Å². The third-order valence-corrected chi connectivity index (χ3v) is 5.10. The summed E-state index contributed by atoms with van der Waals surface area (Å²) in [6.45, 7) is 5.46. The summed E-state index contributed by atoms with van der Waals surface area (Å²) >= 11 is 1.44. The van der Waals surface area contributed by atoms with E-state index in [-0.39, 0.29) is 24.4 Å². The highest BCUT2D eigenvalue weighted by Gasteiger charge is 2.26. The first-order valence-electron chi connectivity index (χ1n) is 7.62. The van der Waals surface area contributed by atoms with Gasteiger partial charge in [0.15, 0.2) is 10.8 Å². The second-order valence-corrected chi connectivity index (χ2v) is 6.80. The fourth-order valence-corrected chi connectivity index (χ4v) is 3.58. The molecule has 1 unspecified atom stereocenters. The fraction of sp³-hybridized carbons (Fsp3) is 0.500. The standard InChI is InChI=1S/C16H21N3O2S.ClH/c1-10-3-4-14(21-10)15-18-13(9-22-15)16(20)19-7-5-12(6-8-19)11(2)17;/h3-4,9,11-12H,5-8,17H2,1-2H3;1H. The number of piperidine rings is 1. The number of amides is 1. The van der Waals surface area contributed by atoms with E-state index in [1.165, 1.54) is 11.3 Å². The van der Waals surface area contributed by atoms with Gasteiger partial charge < -0.3 is 15.1 Å². The van der Waals surface area contributed by atoms with E-state index in [9.17, 15) is 4.79 Å². The van der Waals surface area contributed by atoms with Crippen LogP contribution in [0.25, 0.3) is 10.8 Å². The van der Waals surface area contributed by atoms with Gasteiger partial charge in [0, 0.05) is 24.5 Å². The first kappa shape index (κ1) is 18.0. The summed E-state index contributed by atoms with van der Waals surface area (Å²) in [5.74, 6) is 2.09. The second kappa shape index (κ2) is 7.47. The fourth-order valence-electron chi connectivity index (χ4n) is 2.82. The molecule has 0 aromatic carbocycles. The maximum Gasteiger partial charge on any atom is 0.273 e. The molecule has 2 N–H and O–H groups in total. The molecule has 0 aliphatic carbocycles. The summed E-state index contributed by atoms with van der Waals surface area (Å²) in [5.41, 5.74) is 6.45. The van der Waals surface area contributed by atoms with Gasteiger partial charge in [-0.1, -0.05) is 0 Å². The Balaban J connectivity index is 0.00000192. The molecule has 0 spiro atoms. The van der Waals surface area contributed by atoms with Crippen LogP contribution in [0, 0.1) is 12.8 Å². The van der Waals surface area contributed by atoms with Crippen molar-refractivity contribution in [1.29, 1.82) is 0 Å². The van der Waals surface area contributed by atoms with Crippen molar-refractivity contribution < 1.29 is 9.21 Å². The smallest absolute Gasteiger partial charge is 0.273 e. The van der Waals surface area contributed by atoms with Crippen LogP contribution in [-0.4, -0.2) is 34.9 Å². The monoisotopic (exact) mass is 355 g/mol. The average Bonchev–Trinajstić information content (AvgIpc) is 3.15. The number of hydrogen-bond acceptors (Lipinski definition) is 5. The van der Waals surface area contributed by atoms with E-state index in [4.69, 9.17) is 10.2 Å². The molecule has 7 heteroatoms. The molecule has 23 heavy (non-hydrogen) atoms. The Bertz CT molecular complexity index is 660. The van der Waals surface area contributed by atoms with Gasteiger partial charge in [-0.2, -0.15) is 0 Å². The first-order valence-corrected chi connectivity index (χ1v) is 8.49. The van der Waals surface area contributed by atoms with Gasteiger partial charge in [0.05, 0.1) is 0 Å². The van der Waals surface area contributed by atoms with Crippen LogP contribution in [-0.2, 0) is 0 Å². The zero-order chi connectivity index (χ0) is 15.7. The number of halogens is 1. The molecule has 5 nitrogen and oxygen atoms in total. The van der Waals surface area contributed by atoms with Gasteiger partial charge in [-0.25, -0.2) is 4.98 Å². The van der Waals surface area contributed by atoms with Crippen LogP contribution >= 0.6 is 23.7 Å². The number of furan rings is 1. The Morgan fingerprint density at radius 3 is 2.70 bits per heavy atom. The van der Waals surface area contributed by atoms with E-state index < -0.39 is 0 Å². The van der Waals surface area contributed by atoms with Crippen molar-refractivity contribution in [1.82, 2.24) is 9.88 Å². The predicted molar refractivity (Wildman–Crippen MR) is 94.1 cm³/mol. The maximum absolute atomic E-state index is 12.5. The molecule has 3 rings (SSSR count). The third kappa shape index (κ3) is 3.94. The number of likely N-dealkylation sites (tertiary alicyclic amines) is 1. The van der Waals surface area contributed by atoms with Crippen molar-refractivity contribution in [2.75, 3.05) is 13.1 Å². The molecule has 0 saturated carbocycles. The maximum atomic E-state index is 12.5. The first-order chi connectivity index (χ1) is 10.5. The van der Waals surface area contributed by atoms with E-state index in [1.807, 2.05) is 36.3 Å². The molecule has 3 heterocycles. The number of aryl methyl sites for hydroxylation is 1. The van der Waals surface area contributed by atoms with Crippen LogP contribution < -0.4 is 5.73 Å². The highest BCUT2D eigenvalue weighted by Crippen LogP contribution is 2.27. The zero-order valence-electron chi connectivity index (χ0n) is 13.3.